The molecule has 3 atom stereocenters. The highest BCUT2D eigenvalue weighted by Gasteiger charge is 2.36. The molecular formula is C25H32N6O2. The highest BCUT2D eigenvalue weighted by atomic mass is 16.2. The number of carbonyl (C=O) groups is 1. The number of likely N-dealkylation sites (tertiary alicyclic amines) is 1. The molecule has 5 rings (SSSR count). The fourth-order valence-electron chi connectivity index (χ4n) is 5.98. The van der Waals surface area contributed by atoms with Crippen molar-refractivity contribution in [1.82, 2.24) is 29.7 Å². The number of aromatic nitrogens is 4. The lowest BCUT2D eigenvalue weighted by atomic mass is 9.75. The number of rotatable bonds is 5. The third-order valence-electron chi connectivity index (χ3n) is 7.60. The van der Waals surface area contributed by atoms with E-state index in [-0.39, 0.29) is 17.6 Å². The zero-order chi connectivity index (χ0) is 22.8. The van der Waals surface area contributed by atoms with Crippen LogP contribution >= 0.6 is 0 Å². The van der Waals surface area contributed by atoms with Crippen LogP contribution in [0.5, 0.6) is 0 Å². The number of nitrogens with zero attached hydrogens (tertiary/aromatic N) is 4. The van der Waals surface area contributed by atoms with Gasteiger partial charge in [-0.05, 0) is 56.2 Å². The average molecular weight is 449 g/mol. The number of carbonyl (C=O) groups excluding carboxylic acids is 1. The molecule has 2 aliphatic heterocycles. The Morgan fingerprint density at radius 1 is 1.18 bits per heavy atom. The summed E-state index contributed by atoms with van der Waals surface area (Å²) in [7, 11) is 0. The van der Waals surface area contributed by atoms with Crippen molar-refractivity contribution in [2.75, 3.05) is 19.6 Å². The maximum Gasteiger partial charge on any atom is 0.326 e. The predicted molar refractivity (Wildman–Crippen MR) is 127 cm³/mol. The van der Waals surface area contributed by atoms with E-state index in [0.29, 0.717) is 23.6 Å². The number of hydrogen-bond acceptors (Lipinski definition) is 5. The lowest BCUT2D eigenvalue weighted by Crippen LogP contribution is -2.49. The molecule has 0 saturated carbocycles. The first kappa shape index (κ1) is 21.8. The van der Waals surface area contributed by atoms with Crippen LogP contribution in [0.1, 0.15) is 55.6 Å². The van der Waals surface area contributed by atoms with E-state index in [0.717, 1.165) is 62.8 Å². The Morgan fingerprint density at radius 3 is 2.76 bits per heavy atom. The van der Waals surface area contributed by atoms with Crippen molar-refractivity contribution in [3.63, 3.8) is 0 Å². The molecule has 33 heavy (non-hydrogen) atoms. The first-order valence-corrected chi connectivity index (χ1v) is 12.1. The smallest absolute Gasteiger partial charge is 0.326 e. The summed E-state index contributed by atoms with van der Waals surface area (Å²) in [6, 6.07) is 8.54. The van der Waals surface area contributed by atoms with Gasteiger partial charge in [0, 0.05) is 37.6 Å². The summed E-state index contributed by atoms with van der Waals surface area (Å²) in [5, 5.41) is 3.76. The van der Waals surface area contributed by atoms with Crippen LogP contribution in [-0.4, -0.2) is 56.0 Å². The highest BCUT2D eigenvalue weighted by Crippen LogP contribution is 2.35. The minimum Gasteiger partial charge on any atom is -0.337 e. The quantitative estimate of drug-likeness (QED) is 0.626. The molecule has 0 spiro atoms. The first-order valence-electron chi connectivity index (χ1n) is 12.1. The summed E-state index contributed by atoms with van der Waals surface area (Å²) in [5.41, 5.74) is 2.32. The van der Waals surface area contributed by atoms with Gasteiger partial charge in [-0.2, -0.15) is 0 Å². The fraction of sp³-hybridized carbons (Fsp3) is 0.520. The van der Waals surface area contributed by atoms with Gasteiger partial charge in [0.15, 0.2) is 0 Å². The highest BCUT2D eigenvalue weighted by molar-refractivity contribution is 5.92. The summed E-state index contributed by atoms with van der Waals surface area (Å²) in [6.07, 6.45) is 9.71. The third-order valence-corrected chi connectivity index (χ3v) is 7.60. The van der Waals surface area contributed by atoms with Crippen LogP contribution in [0.3, 0.4) is 0 Å². The molecule has 8 heteroatoms. The van der Waals surface area contributed by atoms with Crippen LogP contribution in [0.15, 0.2) is 47.7 Å². The van der Waals surface area contributed by atoms with Crippen LogP contribution in [-0.2, 0) is 0 Å². The van der Waals surface area contributed by atoms with E-state index in [1.54, 1.807) is 18.6 Å². The second-order valence-corrected chi connectivity index (χ2v) is 9.35. The topological polar surface area (TPSA) is 95.9 Å². The number of imidazole rings is 1. The zero-order valence-corrected chi connectivity index (χ0v) is 19.1. The van der Waals surface area contributed by atoms with E-state index in [4.69, 9.17) is 0 Å². The Morgan fingerprint density at radius 2 is 2.00 bits per heavy atom. The first-order chi connectivity index (χ1) is 16.2. The molecular weight excluding hydrogens is 416 g/mol. The Kier molecular flexibility index (Phi) is 6.26. The van der Waals surface area contributed by atoms with E-state index >= 15 is 0 Å². The van der Waals surface area contributed by atoms with Crippen molar-refractivity contribution in [3.8, 4) is 0 Å². The molecule has 2 aromatic heterocycles. The van der Waals surface area contributed by atoms with Crippen molar-refractivity contribution in [3.05, 3.63) is 59.0 Å². The van der Waals surface area contributed by atoms with Gasteiger partial charge in [0.2, 0.25) is 0 Å². The molecule has 8 nitrogen and oxygen atoms in total. The van der Waals surface area contributed by atoms with Gasteiger partial charge in [-0.15, -0.1) is 0 Å². The Balaban J connectivity index is 1.26. The molecule has 2 aliphatic rings. The maximum absolute atomic E-state index is 12.7. The molecule has 3 unspecified atom stereocenters. The van der Waals surface area contributed by atoms with Crippen LogP contribution in [0.4, 0.5) is 0 Å². The monoisotopic (exact) mass is 448 g/mol. The van der Waals surface area contributed by atoms with Crippen molar-refractivity contribution in [2.24, 2.45) is 11.8 Å². The number of amides is 1. The van der Waals surface area contributed by atoms with E-state index in [1.165, 1.54) is 0 Å². The van der Waals surface area contributed by atoms with Crippen molar-refractivity contribution in [2.45, 2.75) is 51.1 Å². The fourth-order valence-corrected chi connectivity index (χ4v) is 5.98. The minimum atomic E-state index is -0.0239. The van der Waals surface area contributed by atoms with Gasteiger partial charge < -0.3 is 15.2 Å². The zero-order valence-electron chi connectivity index (χ0n) is 19.1. The van der Waals surface area contributed by atoms with Crippen molar-refractivity contribution in [1.29, 1.82) is 0 Å². The van der Waals surface area contributed by atoms with Crippen LogP contribution < -0.4 is 11.0 Å². The largest absolute Gasteiger partial charge is 0.337 e. The third kappa shape index (κ3) is 4.31. The molecule has 0 radical (unpaired) electrons. The molecule has 1 aromatic carbocycles. The molecule has 2 saturated heterocycles. The van der Waals surface area contributed by atoms with Gasteiger partial charge in [-0.25, -0.2) is 9.78 Å². The molecule has 0 bridgehead atoms. The Labute approximate surface area is 193 Å². The Bertz CT molecular complexity index is 1150. The average Bonchev–Trinajstić information content (AvgIpc) is 3.21. The van der Waals surface area contributed by atoms with Crippen LogP contribution in [0, 0.1) is 11.8 Å². The second kappa shape index (κ2) is 9.47. The number of piperidine rings is 2. The van der Waals surface area contributed by atoms with E-state index < -0.39 is 0 Å². The molecule has 3 aromatic rings. The minimum absolute atomic E-state index is 0.00858. The SMILES string of the molecule is CCC(C1CCN(C(=O)c2cnccn2)CC1)C1CC(n2c(=O)[nH]c3ccccc32)CCN1. The van der Waals surface area contributed by atoms with E-state index in [9.17, 15) is 9.59 Å². The van der Waals surface area contributed by atoms with Crippen LogP contribution in [0.25, 0.3) is 11.0 Å². The molecule has 4 heterocycles. The Hall–Kier alpha value is -3.00. The van der Waals surface area contributed by atoms with Gasteiger partial charge in [-0.1, -0.05) is 25.5 Å². The molecule has 1 amide bonds. The summed E-state index contributed by atoms with van der Waals surface area (Å²) in [5.74, 6) is 1.07. The predicted octanol–water partition coefficient (Wildman–Crippen LogP) is 2.99. The number of benzene rings is 1. The maximum atomic E-state index is 12.7. The lowest BCUT2D eigenvalue weighted by molar-refractivity contribution is 0.0611. The molecule has 174 valence electrons. The molecule has 2 N–H and O–H groups in total. The van der Waals surface area contributed by atoms with Crippen molar-refractivity contribution >= 4 is 16.9 Å². The van der Waals surface area contributed by atoms with Gasteiger partial charge in [0.1, 0.15) is 5.69 Å². The number of aromatic amines is 1. The lowest BCUT2D eigenvalue weighted by Gasteiger charge is -2.42. The van der Waals surface area contributed by atoms with Gasteiger partial charge >= 0.3 is 5.69 Å². The number of para-hydroxylation sites is 2. The molecule has 2 fully saturated rings. The number of hydrogen-bond donors (Lipinski definition) is 2. The van der Waals surface area contributed by atoms with Gasteiger partial charge in [0.05, 0.1) is 17.2 Å². The number of H-pyrrole nitrogens is 1. The molecule has 0 aliphatic carbocycles. The summed E-state index contributed by atoms with van der Waals surface area (Å²) in [4.78, 5) is 38.6. The number of nitrogens with one attached hydrogen (secondary N) is 2. The van der Waals surface area contributed by atoms with Crippen molar-refractivity contribution < 1.29 is 4.79 Å². The summed E-state index contributed by atoms with van der Waals surface area (Å²) < 4.78 is 1.97. The van der Waals surface area contributed by atoms with Gasteiger partial charge in [-0.3, -0.25) is 14.3 Å². The standard InChI is InChI=1S/C25H32N6O2/c1-2-19(17-8-13-30(14-9-17)24(32)22-16-26-11-12-28-22)21-15-18(7-10-27-21)31-23-6-4-3-5-20(23)29-25(31)33/h3-6,11-12,16-19,21,27H,2,7-10,13-15H2,1H3,(H,29,33). The normalized spacial score (nSPS) is 23.0. The number of fused-ring (bicyclic) bond motifs is 1. The van der Waals surface area contributed by atoms with Gasteiger partial charge in [0.25, 0.3) is 5.91 Å². The second-order valence-electron chi connectivity index (χ2n) is 9.35. The van der Waals surface area contributed by atoms with Crippen LogP contribution in [0.2, 0.25) is 0 Å². The van der Waals surface area contributed by atoms with E-state index in [1.807, 2.05) is 33.7 Å². The van der Waals surface area contributed by atoms with E-state index in [2.05, 4.69) is 27.2 Å². The summed E-state index contributed by atoms with van der Waals surface area (Å²) >= 11 is 0. The summed E-state index contributed by atoms with van der Waals surface area (Å²) in [6.45, 7) is 4.70.